The molecule has 0 bridgehead atoms. The molecule has 0 saturated carbocycles. The van der Waals surface area contributed by atoms with Crippen LogP contribution in [0.5, 0.6) is 0 Å². The average molecular weight is 206 g/mol. The van der Waals surface area contributed by atoms with Crippen molar-refractivity contribution in [1.82, 2.24) is 4.98 Å². The van der Waals surface area contributed by atoms with Crippen LogP contribution in [-0.2, 0) is 4.79 Å². The van der Waals surface area contributed by atoms with E-state index in [1.165, 1.54) is 0 Å². The molecule has 0 fully saturated rings. The Labute approximate surface area is 88.4 Å². The Morgan fingerprint density at radius 3 is 2.80 bits per heavy atom. The molecule has 1 aromatic heterocycles. The van der Waals surface area contributed by atoms with Gasteiger partial charge in [-0.2, -0.15) is 0 Å². The Bertz CT molecular complexity index is 411. The summed E-state index contributed by atoms with van der Waals surface area (Å²) in [5, 5.41) is 8.87. The predicted molar refractivity (Wildman–Crippen MR) is 59.3 cm³/mol. The number of aromatic nitrogens is 1. The van der Waals surface area contributed by atoms with Crippen LogP contribution in [0.4, 0.5) is 5.82 Å². The van der Waals surface area contributed by atoms with Crippen molar-refractivity contribution in [3.8, 4) is 0 Å². The van der Waals surface area contributed by atoms with Crippen molar-refractivity contribution in [3.05, 3.63) is 29.0 Å². The van der Waals surface area contributed by atoms with Crippen LogP contribution < -0.4 is 5.73 Å². The number of rotatable bonds is 3. The van der Waals surface area contributed by atoms with E-state index in [1.54, 1.807) is 25.3 Å². The van der Waals surface area contributed by atoms with E-state index in [4.69, 9.17) is 10.8 Å². The first-order valence-electron chi connectivity index (χ1n) is 4.70. The molecule has 0 spiro atoms. The van der Waals surface area contributed by atoms with Gasteiger partial charge in [-0.15, -0.1) is 0 Å². The van der Waals surface area contributed by atoms with Crippen LogP contribution in [0.1, 0.15) is 24.5 Å². The van der Waals surface area contributed by atoms with E-state index < -0.39 is 5.97 Å². The highest BCUT2D eigenvalue weighted by Gasteiger charge is 2.05. The third-order valence-electron chi connectivity index (χ3n) is 2.16. The zero-order valence-corrected chi connectivity index (χ0v) is 8.82. The summed E-state index contributed by atoms with van der Waals surface area (Å²) in [6, 6.07) is 1.72. The van der Waals surface area contributed by atoms with E-state index in [2.05, 4.69) is 4.98 Å². The molecular weight excluding hydrogens is 192 g/mol. The molecule has 0 aromatic carbocycles. The number of anilines is 1. The lowest BCUT2D eigenvalue weighted by Crippen LogP contribution is -2.00. The molecule has 0 aliphatic carbocycles. The number of aliphatic carboxylic acids is 1. The Hall–Kier alpha value is -1.84. The van der Waals surface area contributed by atoms with Crippen LogP contribution in [0.2, 0.25) is 0 Å². The number of nitrogens with two attached hydrogens (primary N) is 1. The normalized spacial score (nSPS) is 11.5. The molecule has 0 saturated heterocycles. The van der Waals surface area contributed by atoms with Crippen molar-refractivity contribution in [3.63, 3.8) is 0 Å². The van der Waals surface area contributed by atoms with Gasteiger partial charge in [-0.1, -0.05) is 6.92 Å². The van der Waals surface area contributed by atoms with Gasteiger partial charge in [-0.3, -0.25) is 0 Å². The predicted octanol–water partition coefficient (Wildman–Crippen LogP) is 1.85. The molecule has 0 aliphatic heterocycles. The molecule has 80 valence electrons. The number of carboxylic acids is 1. The Morgan fingerprint density at radius 1 is 1.67 bits per heavy atom. The van der Waals surface area contributed by atoms with E-state index in [-0.39, 0.29) is 0 Å². The lowest BCUT2D eigenvalue weighted by Gasteiger charge is -2.03. The van der Waals surface area contributed by atoms with E-state index >= 15 is 0 Å². The third kappa shape index (κ3) is 2.80. The lowest BCUT2D eigenvalue weighted by atomic mass is 10.1. The van der Waals surface area contributed by atoms with E-state index in [0.717, 1.165) is 11.1 Å². The lowest BCUT2D eigenvalue weighted by molar-refractivity contribution is -0.132. The molecular formula is C11H14N2O2. The standard InChI is InChI=1S/C11H14N2O2/c1-3-8(11(14)15)5-9-6-13-10(12)4-7(9)2/h4-6H,3H2,1-2H3,(H2,12,13)(H,14,15)/b8-5+. The summed E-state index contributed by atoms with van der Waals surface area (Å²) in [7, 11) is 0. The smallest absolute Gasteiger partial charge is 0.331 e. The van der Waals surface area contributed by atoms with Crippen molar-refractivity contribution in [1.29, 1.82) is 0 Å². The number of carboxylic acid groups (broad SMARTS) is 1. The van der Waals surface area contributed by atoms with Gasteiger partial charge >= 0.3 is 5.97 Å². The second kappa shape index (κ2) is 4.59. The van der Waals surface area contributed by atoms with Gasteiger partial charge in [0.1, 0.15) is 5.82 Å². The summed E-state index contributed by atoms with van der Waals surface area (Å²) in [5.74, 6) is -0.452. The zero-order chi connectivity index (χ0) is 11.4. The van der Waals surface area contributed by atoms with Crippen LogP contribution >= 0.6 is 0 Å². The Morgan fingerprint density at radius 2 is 2.33 bits per heavy atom. The molecule has 3 N–H and O–H groups in total. The van der Waals surface area contributed by atoms with Crippen LogP contribution in [-0.4, -0.2) is 16.1 Å². The Balaban J connectivity index is 3.12. The van der Waals surface area contributed by atoms with Gasteiger partial charge < -0.3 is 10.8 Å². The van der Waals surface area contributed by atoms with Crippen LogP contribution in [0.3, 0.4) is 0 Å². The van der Waals surface area contributed by atoms with E-state index in [9.17, 15) is 4.79 Å². The summed E-state index contributed by atoms with van der Waals surface area (Å²) in [6.07, 6.45) is 3.70. The summed E-state index contributed by atoms with van der Waals surface area (Å²) < 4.78 is 0. The number of hydrogen-bond donors (Lipinski definition) is 2. The van der Waals surface area contributed by atoms with Crippen molar-refractivity contribution >= 4 is 17.9 Å². The van der Waals surface area contributed by atoms with E-state index in [1.807, 2.05) is 6.92 Å². The number of nitrogen functional groups attached to an aromatic ring is 1. The first kappa shape index (κ1) is 11.2. The topological polar surface area (TPSA) is 76.2 Å². The third-order valence-corrected chi connectivity index (χ3v) is 2.16. The fourth-order valence-corrected chi connectivity index (χ4v) is 1.24. The highest BCUT2D eigenvalue weighted by molar-refractivity contribution is 5.92. The highest BCUT2D eigenvalue weighted by Crippen LogP contribution is 2.15. The minimum absolute atomic E-state index is 0.365. The van der Waals surface area contributed by atoms with Crippen molar-refractivity contribution in [2.75, 3.05) is 5.73 Å². The maximum absolute atomic E-state index is 10.8. The maximum Gasteiger partial charge on any atom is 0.331 e. The SMILES string of the molecule is CC/C(=C\c1cnc(N)cc1C)C(=O)O. The number of carbonyl (C=O) groups is 1. The molecule has 0 atom stereocenters. The average Bonchev–Trinajstić information content (AvgIpc) is 2.16. The van der Waals surface area contributed by atoms with Gasteiger partial charge in [0, 0.05) is 11.8 Å². The molecule has 4 heteroatoms. The fourth-order valence-electron chi connectivity index (χ4n) is 1.24. The van der Waals surface area contributed by atoms with Gasteiger partial charge in [0.05, 0.1) is 0 Å². The highest BCUT2D eigenvalue weighted by atomic mass is 16.4. The zero-order valence-electron chi connectivity index (χ0n) is 8.82. The summed E-state index contributed by atoms with van der Waals surface area (Å²) in [4.78, 5) is 14.7. The maximum atomic E-state index is 10.8. The van der Waals surface area contributed by atoms with Crippen molar-refractivity contribution < 1.29 is 9.90 Å². The monoisotopic (exact) mass is 206 g/mol. The summed E-state index contributed by atoms with van der Waals surface area (Å²) >= 11 is 0. The minimum atomic E-state index is -0.895. The fraction of sp³-hybridized carbons (Fsp3) is 0.273. The van der Waals surface area contributed by atoms with Crippen LogP contribution in [0.15, 0.2) is 17.8 Å². The van der Waals surface area contributed by atoms with Crippen LogP contribution in [0, 0.1) is 6.92 Å². The Kier molecular flexibility index (Phi) is 3.44. The van der Waals surface area contributed by atoms with Crippen molar-refractivity contribution in [2.45, 2.75) is 20.3 Å². The number of nitrogens with zero attached hydrogens (tertiary/aromatic N) is 1. The first-order valence-corrected chi connectivity index (χ1v) is 4.70. The van der Waals surface area contributed by atoms with Crippen molar-refractivity contribution in [2.24, 2.45) is 0 Å². The minimum Gasteiger partial charge on any atom is -0.478 e. The van der Waals surface area contributed by atoms with Gasteiger partial charge in [0.2, 0.25) is 0 Å². The molecule has 0 radical (unpaired) electrons. The van der Waals surface area contributed by atoms with Gasteiger partial charge in [0.25, 0.3) is 0 Å². The summed E-state index contributed by atoms with van der Waals surface area (Å²) in [5.41, 5.74) is 7.59. The van der Waals surface area contributed by atoms with Gasteiger partial charge in [0.15, 0.2) is 0 Å². The molecule has 1 aromatic rings. The molecule has 0 amide bonds. The van der Waals surface area contributed by atoms with E-state index in [0.29, 0.717) is 17.8 Å². The number of hydrogen-bond acceptors (Lipinski definition) is 3. The largest absolute Gasteiger partial charge is 0.478 e. The second-order valence-corrected chi connectivity index (χ2v) is 3.29. The number of pyridine rings is 1. The molecule has 1 heterocycles. The van der Waals surface area contributed by atoms with Crippen LogP contribution in [0.25, 0.3) is 6.08 Å². The first-order chi connectivity index (χ1) is 7.04. The molecule has 0 unspecified atom stereocenters. The van der Waals surface area contributed by atoms with Gasteiger partial charge in [-0.25, -0.2) is 9.78 Å². The van der Waals surface area contributed by atoms with Gasteiger partial charge in [-0.05, 0) is 36.6 Å². The molecule has 0 aliphatic rings. The second-order valence-electron chi connectivity index (χ2n) is 3.29. The quantitative estimate of drug-likeness (QED) is 0.740. The molecule has 1 rings (SSSR count). The molecule has 4 nitrogen and oxygen atoms in total. The summed E-state index contributed by atoms with van der Waals surface area (Å²) in [6.45, 7) is 3.68. The molecule has 15 heavy (non-hydrogen) atoms. The number of aryl methyl sites for hydroxylation is 1.